The number of allylic oxidation sites excluding steroid dienone is 2. The molecule has 0 aliphatic rings. The van der Waals surface area contributed by atoms with E-state index in [1.54, 1.807) is 7.11 Å². The first-order valence-electron chi connectivity index (χ1n) is 4.17. The molecule has 0 amide bonds. The summed E-state index contributed by atoms with van der Waals surface area (Å²) in [4.78, 5) is 0. The van der Waals surface area contributed by atoms with E-state index in [1.807, 2.05) is 20.0 Å². The van der Waals surface area contributed by atoms with Gasteiger partial charge in [-0.2, -0.15) is 0 Å². The van der Waals surface area contributed by atoms with Crippen molar-refractivity contribution in [3.05, 3.63) is 11.8 Å². The maximum absolute atomic E-state index is 5.39. The summed E-state index contributed by atoms with van der Waals surface area (Å²) < 4.78 is 10.6. The van der Waals surface area contributed by atoms with Gasteiger partial charge in [0.1, 0.15) is 0 Å². The van der Waals surface area contributed by atoms with Crippen molar-refractivity contribution in [1.29, 1.82) is 0 Å². The summed E-state index contributed by atoms with van der Waals surface area (Å²) in [5, 5.41) is 0. The van der Waals surface area contributed by atoms with Crippen molar-refractivity contribution in [1.82, 2.24) is 5.48 Å². The first-order valence-corrected chi connectivity index (χ1v) is 6.99. The van der Waals surface area contributed by atoms with Gasteiger partial charge in [-0.3, -0.25) is 10.0 Å². The highest BCUT2D eigenvalue weighted by atomic mass is 28.4. The minimum absolute atomic E-state index is 1.01. The zero-order chi connectivity index (χ0) is 9.61. The Kier molecular flexibility index (Phi) is 5.20. The molecule has 0 aromatic rings. The lowest BCUT2D eigenvalue weighted by Gasteiger charge is -2.20. The number of nitrogens with one attached hydrogen (secondary N) is 1. The molecule has 3 nitrogen and oxygen atoms in total. The molecule has 0 radical (unpaired) electrons. The van der Waals surface area contributed by atoms with Crippen LogP contribution in [0, 0.1) is 0 Å². The number of hydrogen-bond donors (Lipinski definition) is 1. The van der Waals surface area contributed by atoms with Crippen LogP contribution in [0.1, 0.15) is 20.3 Å². The van der Waals surface area contributed by atoms with Crippen LogP contribution in [0.2, 0.25) is 13.1 Å². The van der Waals surface area contributed by atoms with Crippen LogP contribution in [-0.4, -0.2) is 15.7 Å². The molecule has 4 heteroatoms. The Morgan fingerprint density at radius 3 is 2.50 bits per heavy atom. The van der Waals surface area contributed by atoms with Gasteiger partial charge in [0.2, 0.25) is 0 Å². The lowest BCUT2D eigenvalue weighted by Crippen LogP contribution is -2.38. The van der Waals surface area contributed by atoms with E-state index < -0.39 is 8.56 Å². The molecule has 0 saturated heterocycles. The summed E-state index contributed by atoms with van der Waals surface area (Å²) in [5.74, 6) is 0. The normalized spacial score (nSPS) is 13.2. The molecule has 0 heterocycles. The molecule has 1 N–H and O–H groups in total. The summed E-state index contributed by atoms with van der Waals surface area (Å²) in [6.07, 6.45) is 3.08. The number of hydrogen-bond acceptors (Lipinski definition) is 3. The van der Waals surface area contributed by atoms with Gasteiger partial charge in [-0.1, -0.05) is 13.0 Å². The molecule has 0 fully saturated rings. The second-order valence-electron chi connectivity index (χ2n) is 3.10. The molecule has 0 spiro atoms. The summed E-state index contributed by atoms with van der Waals surface area (Å²) in [5.41, 5.74) is 3.91. The van der Waals surface area contributed by atoms with Crippen molar-refractivity contribution in [3.8, 4) is 0 Å². The zero-order valence-electron chi connectivity index (χ0n) is 8.60. The van der Waals surface area contributed by atoms with Gasteiger partial charge in [-0.25, -0.2) is 0 Å². The lowest BCUT2D eigenvalue weighted by molar-refractivity contribution is 0.151. The molecular formula is C8H19NO2Si. The van der Waals surface area contributed by atoms with Gasteiger partial charge in [0.05, 0.1) is 0 Å². The Morgan fingerprint density at radius 1 is 1.50 bits per heavy atom. The molecule has 0 atom stereocenters. The van der Waals surface area contributed by atoms with Crippen LogP contribution >= 0.6 is 0 Å². The van der Waals surface area contributed by atoms with E-state index in [-0.39, 0.29) is 0 Å². The van der Waals surface area contributed by atoms with E-state index in [0.29, 0.717) is 0 Å². The second-order valence-corrected chi connectivity index (χ2v) is 6.52. The monoisotopic (exact) mass is 189 g/mol. The van der Waals surface area contributed by atoms with E-state index in [0.717, 1.165) is 12.1 Å². The topological polar surface area (TPSA) is 30.5 Å². The standard InChI is InChI=1S/C8H19NO2Si/c1-6-7-8(2)9-11-12(4,5)10-3/h7,9H,6H2,1-5H3. The van der Waals surface area contributed by atoms with Crippen molar-refractivity contribution >= 4 is 8.56 Å². The first kappa shape index (κ1) is 11.7. The maximum atomic E-state index is 5.39. The summed E-state index contributed by atoms with van der Waals surface area (Å²) in [6, 6.07) is 0. The molecule has 0 rings (SSSR count). The SMILES string of the molecule is CCC=C(C)NO[Si](C)(C)OC. The van der Waals surface area contributed by atoms with Gasteiger partial charge in [0.25, 0.3) is 0 Å². The smallest absolute Gasteiger partial charge is 0.358 e. The fraction of sp³-hybridized carbons (Fsp3) is 0.750. The average molecular weight is 189 g/mol. The molecule has 0 aliphatic carbocycles. The molecule has 0 saturated carbocycles. The Hall–Kier alpha value is -0.323. The molecule has 0 aromatic heterocycles. The third-order valence-electron chi connectivity index (χ3n) is 1.46. The summed E-state index contributed by atoms with van der Waals surface area (Å²) >= 11 is 0. The van der Waals surface area contributed by atoms with Gasteiger partial charge in [0, 0.05) is 12.8 Å². The summed E-state index contributed by atoms with van der Waals surface area (Å²) in [7, 11) is -0.248. The van der Waals surface area contributed by atoms with Crippen LogP contribution in [0.15, 0.2) is 11.8 Å². The van der Waals surface area contributed by atoms with Crippen molar-refractivity contribution in [3.63, 3.8) is 0 Å². The van der Waals surface area contributed by atoms with Gasteiger partial charge < -0.3 is 4.43 Å². The van der Waals surface area contributed by atoms with Crippen molar-refractivity contribution in [2.45, 2.75) is 33.4 Å². The highest BCUT2D eigenvalue weighted by Crippen LogP contribution is 2.03. The molecule has 0 unspecified atom stereocenters. The Bertz CT molecular complexity index is 157. The Labute approximate surface area is 76.0 Å². The predicted molar refractivity (Wildman–Crippen MR) is 52.8 cm³/mol. The zero-order valence-corrected chi connectivity index (χ0v) is 9.60. The van der Waals surface area contributed by atoms with Crippen molar-refractivity contribution < 1.29 is 8.95 Å². The van der Waals surface area contributed by atoms with Crippen LogP contribution in [0.4, 0.5) is 0 Å². The van der Waals surface area contributed by atoms with Crippen LogP contribution in [0.25, 0.3) is 0 Å². The van der Waals surface area contributed by atoms with Gasteiger partial charge in [-0.15, -0.1) is 0 Å². The van der Waals surface area contributed by atoms with E-state index in [2.05, 4.69) is 18.5 Å². The number of rotatable bonds is 5. The molecular weight excluding hydrogens is 170 g/mol. The van der Waals surface area contributed by atoms with Gasteiger partial charge in [0.15, 0.2) is 0 Å². The quantitative estimate of drug-likeness (QED) is 0.531. The first-order chi connectivity index (χ1) is 5.52. The van der Waals surface area contributed by atoms with Crippen LogP contribution in [-0.2, 0) is 8.95 Å². The van der Waals surface area contributed by atoms with E-state index >= 15 is 0 Å². The third-order valence-corrected chi connectivity index (χ3v) is 3.04. The van der Waals surface area contributed by atoms with Gasteiger partial charge >= 0.3 is 8.56 Å². The van der Waals surface area contributed by atoms with E-state index in [4.69, 9.17) is 8.95 Å². The molecule has 0 aliphatic heterocycles. The predicted octanol–water partition coefficient (Wildman–Crippen LogP) is 2.17. The van der Waals surface area contributed by atoms with Crippen LogP contribution in [0.5, 0.6) is 0 Å². The van der Waals surface area contributed by atoms with E-state index in [9.17, 15) is 0 Å². The minimum Gasteiger partial charge on any atom is -0.397 e. The van der Waals surface area contributed by atoms with E-state index in [1.165, 1.54) is 0 Å². The Morgan fingerprint density at radius 2 is 2.08 bits per heavy atom. The minimum atomic E-state index is -1.92. The van der Waals surface area contributed by atoms with Crippen LogP contribution in [0.3, 0.4) is 0 Å². The highest BCUT2D eigenvalue weighted by Gasteiger charge is 2.23. The third kappa shape index (κ3) is 5.34. The Balaban J connectivity index is 3.75. The lowest BCUT2D eigenvalue weighted by atomic mass is 10.4. The fourth-order valence-corrected chi connectivity index (χ4v) is 1.08. The molecule has 12 heavy (non-hydrogen) atoms. The molecule has 0 aromatic carbocycles. The largest absolute Gasteiger partial charge is 0.397 e. The molecule has 0 bridgehead atoms. The van der Waals surface area contributed by atoms with Gasteiger partial charge in [-0.05, 0) is 26.4 Å². The van der Waals surface area contributed by atoms with Crippen LogP contribution < -0.4 is 5.48 Å². The van der Waals surface area contributed by atoms with Crippen molar-refractivity contribution in [2.24, 2.45) is 0 Å². The number of hydroxylamine groups is 1. The fourth-order valence-electron chi connectivity index (χ4n) is 0.593. The highest BCUT2D eigenvalue weighted by molar-refractivity contribution is 6.64. The maximum Gasteiger partial charge on any atom is 0.358 e. The van der Waals surface area contributed by atoms with Crippen molar-refractivity contribution in [2.75, 3.05) is 7.11 Å². The summed E-state index contributed by atoms with van der Waals surface area (Å²) in [6.45, 7) is 8.03. The second kappa shape index (κ2) is 5.34. The molecule has 72 valence electrons. The average Bonchev–Trinajstić information content (AvgIpc) is 2.02.